The van der Waals surface area contributed by atoms with Gasteiger partial charge in [0.25, 0.3) is 5.91 Å². The summed E-state index contributed by atoms with van der Waals surface area (Å²) in [5.74, 6) is 2.18. The number of carbonyl (C=O) groups is 1. The lowest BCUT2D eigenvalue weighted by Crippen LogP contribution is -2.60. The highest BCUT2D eigenvalue weighted by molar-refractivity contribution is 5.98. The molecule has 5 heterocycles. The van der Waals surface area contributed by atoms with Crippen LogP contribution in [0.1, 0.15) is 55.8 Å². The van der Waals surface area contributed by atoms with Gasteiger partial charge in [-0.2, -0.15) is 0 Å². The second-order valence-corrected chi connectivity index (χ2v) is 10.9. The van der Waals surface area contributed by atoms with Crippen molar-refractivity contribution >= 4 is 16.8 Å². The molecule has 4 unspecified atom stereocenters. The Balaban J connectivity index is 1.28. The Morgan fingerprint density at radius 2 is 1.97 bits per heavy atom. The molecule has 0 radical (unpaired) electrons. The second kappa shape index (κ2) is 8.12. The van der Waals surface area contributed by atoms with E-state index in [2.05, 4.69) is 11.0 Å². The van der Waals surface area contributed by atoms with Crippen LogP contribution in [-0.2, 0) is 6.54 Å². The molecule has 35 heavy (non-hydrogen) atoms. The molecule has 3 fully saturated rings. The van der Waals surface area contributed by atoms with Crippen molar-refractivity contribution in [3.05, 3.63) is 45.8 Å². The summed E-state index contributed by atoms with van der Waals surface area (Å²) in [6.45, 7) is 5.82. The molecule has 1 aromatic carbocycles. The lowest BCUT2D eigenvalue weighted by atomic mass is 9.68. The van der Waals surface area contributed by atoms with Crippen LogP contribution in [0.25, 0.3) is 10.9 Å². The van der Waals surface area contributed by atoms with E-state index in [4.69, 9.17) is 9.47 Å². The number of likely N-dealkylation sites (tertiary alicyclic amines) is 1. The van der Waals surface area contributed by atoms with Crippen molar-refractivity contribution in [3.63, 3.8) is 0 Å². The number of benzene rings is 1. The molecular weight excluding hydrogens is 442 g/mol. The van der Waals surface area contributed by atoms with Crippen molar-refractivity contribution in [3.8, 4) is 11.5 Å². The van der Waals surface area contributed by atoms with Crippen molar-refractivity contribution in [1.29, 1.82) is 0 Å². The first-order chi connectivity index (χ1) is 17.1. The summed E-state index contributed by atoms with van der Waals surface area (Å²) >= 11 is 0. The molecule has 4 atom stereocenters. The van der Waals surface area contributed by atoms with Gasteiger partial charge in [-0.05, 0) is 63.5 Å². The van der Waals surface area contributed by atoms with Crippen LogP contribution in [0.3, 0.4) is 0 Å². The molecule has 0 saturated carbocycles. The van der Waals surface area contributed by atoms with Gasteiger partial charge in [0.2, 0.25) is 12.2 Å². The van der Waals surface area contributed by atoms with E-state index in [0.717, 1.165) is 31.4 Å². The summed E-state index contributed by atoms with van der Waals surface area (Å²) in [4.78, 5) is 32.5. The van der Waals surface area contributed by atoms with E-state index in [1.807, 2.05) is 22.5 Å². The van der Waals surface area contributed by atoms with Gasteiger partial charge in [-0.25, -0.2) is 0 Å². The summed E-state index contributed by atoms with van der Waals surface area (Å²) in [6, 6.07) is 4.41. The predicted octanol–water partition coefficient (Wildman–Crippen LogP) is 3.79. The maximum absolute atomic E-state index is 14.1. The molecule has 1 aliphatic carbocycles. The molecule has 1 aromatic heterocycles. The maximum Gasteiger partial charge on any atom is 0.259 e. The number of hydrogen-bond donors (Lipinski definition) is 0. The molecule has 0 spiro atoms. The highest BCUT2D eigenvalue weighted by Gasteiger charge is 2.47. The maximum atomic E-state index is 14.1. The Morgan fingerprint density at radius 3 is 2.83 bits per heavy atom. The van der Waals surface area contributed by atoms with Gasteiger partial charge in [0, 0.05) is 37.9 Å². The minimum Gasteiger partial charge on any atom is -0.454 e. The number of pyridine rings is 1. The van der Waals surface area contributed by atoms with Crippen LogP contribution in [0.2, 0.25) is 0 Å². The van der Waals surface area contributed by atoms with Crippen LogP contribution in [0.4, 0.5) is 0 Å². The molecule has 0 N–H and O–H groups in total. The SMILES string of the molecule is CCn1cc(C(=O)N2CCCC3=CC4CC(CN5CCCCC45)C32)c(=O)c2cc3c(cc21)OCO3. The standard InChI is InChI=1S/C28H33N3O4/c1-2-29-15-21(27(32)20-12-24-25(13-23(20)29)35-16-34-24)28(33)31-9-5-6-17-10-18-11-19(26(17)31)14-30-8-4-3-7-22(18)30/h10,12-13,15,18-19,22,26H,2-9,11,14,16H2,1H3. The van der Waals surface area contributed by atoms with E-state index in [-0.39, 0.29) is 29.7 Å². The fourth-order valence-corrected chi connectivity index (χ4v) is 7.55. The number of fused-ring (bicyclic) bond motifs is 8. The third-order valence-corrected chi connectivity index (χ3v) is 9.06. The smallest absolute Gasteiger partial charge is 0.259 e. The van der Waals surface area contributed by atoms with Gasteiger partial charge in [-0.3, -0.25) is 14.5 Å². The number of nitrogens with zero attached hydrogens (tertiary/aromatic N) is 3. The fourth-order valence-electron chi connectivity index (χ4n) is 7.55. The number of piperidine rings is 3. The van der Waals surface area contributed by atoms with Crippen LogP contribution >= 0.6 is 0 Å². The minimum absolute atomic E-state index is 0.119. The summed E-state index contributed by atoms with van der Waals surface area (Å²) < 4.78 is 13.1. The Kier molecular flexibility index (Phi) is 4.98. The van der Waals surface area contributed by atoms with E-state index in [9.17, 15) is 9.59 Å². The van der Waals surface area contributed by atoms with Gasteiger partial charge in [-0.1, -0.05) is 18.1 Å². The van der Waals surface area contributed by atoms with Gasteiger partial charge in [-0.15, -0.1) is 0 Å². The Morgan fingerprint density at radius 1 is 1.11 bits per heavy atom. The molecule has 5 aliphatic rings. The number of aryl methyl sites for hydroxylation is 1. The van der Waals surface area contributed by atoms with Crippen molar-refractivity contribution in [1.82, 2.24) is 14.4 Å². The first kappa shape index (κ1) is 21.5. The number of hydrogen-bond acceptors (Lipinski definition) is 5. The molecule has 184 valence electrons. The first-order valence-electron chi connectivity index (χ1n) is 13.3. The summed E-state index contributed by atoms with van der Waals surface area (Å²) in [6.07, 6.45) is 11.4. The van der Waals surface area contributed by atoms with Gasteiger partial charge in [0.1, 0.15) is 5.56 Å². The molecule has 7 rings (SSSR count). The van der Waals surface area contributed by atoms with Gasteiger partial charge < -0.3 is 18.9 Å². The molecule has 1 amide bonds. The Labute approximate surface area is 205 Å². The molecule has 3 saturated heterocycles. The fraction of sp³-hybridized carbons (Fsp3) is 0.571. The minimum atomic E-state index is -0.211. The number of aromatic nitrogens is 1. The number of ether oxygens (including phenoxy) is 2. The van der Waals surface area contributed by atoms with E-state index in [1.54, 1.807) is 12.3 Å². The Bertz CT molecular complexity index is 1300. The van der Waals surface area contributed by atoms with Crippen LogP contribution in [0.5, 0.6) is 11.5 Å². The van der Waals surface area contributed by atoms with Gasteiger partial charge in [0.05, 0.1) is 16.9 Å². The van der Waals surface area contributed by atoms with Crippen LogP contribution < -0.4 is 14.9 Å². The monoisotopic (exact) mass is 475 g/mol. The number of amides is 1. The van der Waals surface area contributed by atoms with Crippen molar-refractivity contribution in [2.45, 2.75) is 64.1 Å². The van der Waals surface area contributed by atoms with Gasteiger partial charge in [0.15, 0.2) is 11.5 Å². The Hall–Kier alpha value is -2.80. The molecule has 7 heteroatoms. The lowest BCUT2D eigenvalue weighted by molar-refractivity contribution is 0.00142. The normalized spacial score (nSPS) is 29.5. The van der Waals surface area contributed by atoms with E-state index >= 15 is 0 Å². The van der Waals surface area contributed by atoms with Crippen molar-refractivity contribution in [2.24, 2.45) is 11.8 Å². The highest BCUT2D eigenvalue weighted by Crippen LogP contribution is 2.45. The second-order valence-electron chi connectivity index (χ2n) is 10.9. The lowest BCUT2D eigenvalue weighted by Gasteiger charge is -2.54. The van der Waals surface area contributed by atoms with Crippen LogP contribution in [0.15, 0.2) is 34.8 Å². The number of carbonyl (C=O) groups excluding carboxylic acids is 1. The van der Waals surface area contributed by atoms with Crippen LogP contribution in [0, 0.1) is 11.8 Å². The largest absolute Gasteiger partial charge is 0.454 e. The number of rotatable bonds is 2. The highest BCUT2D eigenvalue weighted by atomic mass is 16.7. The third-order valence-electron chi connectivity index (χ3n) is 9.06. The predicted molar refractivity (Wildman–Crippen MR) is 133 cm³/mol. The zero-order valence-corrected chi connectivity index (χ0v) is 20.4. The van der Waals surface area contributed by atoms with Gasteiger partial charge >= 0.3 is 0 Å². The quantitative estimate of drug-likeness (QED) is 0.619. The van der Waals surface area contributed by atoms with E-state index in [0.29, 0.717) is 41.3 Å². The molecule has 4 aliphatic heterocycles. The molecule has 7 nitrogen and oxygen atoms in total. The average Bonchev–Trinajstić information content (AvgIpc) is 3.35. The van der Waals surface area contributed by atoms with E-state index in [1.165, 1.54) is 37.8 Å². The van der Waals surface area contributed by atoms with Crippen LogP contribution in [-0.4, -0.2) is 58.8 Å². The van der Waals surface area contributed by atoms with E-state index < -0.39 is 0 Å². The summed E-state index contributed by atoms with van der Waals surface area (Å²) in [5.41, 5.74) is 2.28. The summed E-state index contributed by atoms with van der Waals surface area (Å²) in [7, 11) is 0. The molecular formula is C28H33N3O4. The summed E-state index contributed by atoms with van der Waals surface area (Å²) in [5, 5.41) is 0.521. The zero-order chi connectivity index (χ0) is 23.7. The van der Waals surface area contributed by atoms with Crippen molar-refractivity contribution in [2.75, 3.05) is 26.4 Å². The molecule has 2 aromatic rings. The first-order valence-corrected chi connectivity index (χ1v) is 13.3. The van der Waals surface area contributed by atoms with Crippen molar-refractivity contribution < 1.29 is 14.3 Å². The average molecular weight is 476 g/mol. The topological polar surface area (TPSA) is 64.0 Å². The molecule has 2 bridgehead atoms. The third kappa shape index (κ3) is 3.27. The zero-order valence-electron chi connectivity index (χ0n) is 20.4.